The molecule has 0 fully saturated rings. The highest BCUT2D eigenvalue weighted by Crippen LogP contribution is 2.28. The van der Waals surface area contributed by atoms with Crippen LogP contribution in [0.4, 0.5) is 0 Å². The minimum Gasteiger partial charge on any atom is -0.271 e. The maximum atomic E-state index is 6.18. The minimum atomic E-state index is 0.185. The molecule has 0 aliphatic heterocycles. The first-order valence-corrected chi connectivity index (χ1v) is 7.60. The summed E-state index contributed by atoms with van der Waals surface area (Å²) in [5, 5.41) is 1.22. The van der Waals surface area contributed by atoms with Crippen LogP contribution in [0.3, 0.4) is 0 Å². The van der Waals surface area contributed by atoms with Crippen LogP contribution in [0.2, 0.25) is 10.0 Å². The average Bonchev–Trinajstić information content (AvgIpc) is 2.28. The van der Waals surface area contributed by atoms with Crippen LogP contribution < -0.4 is 11.3 Å². The van der Waals surface area contributed by atoms with E-state index < -0.39 is 0 Å². The molecule has 0 bridgehead atoms. The van der Waals surface area contributed by atoms with Gasteiger partial charge >= 0.3 is 0 Å². The Morgan fingerprint density at radius 2 is 2.00 bits per heavy atom. The fraction of sp³-hybridized carbons (Fsp3) is 0.538. The van der Waals surface area contributed by atoms with Crippen molar-refractivity contribution in [1.82, 2.24) is 5.43 Å². The second kappa shape index (κ2) is 7.01. The lowest BCUT2D eigenvalue weighted by atomic mass is 10.1. The van der Waals surface area contributed by atoms with Gasteiger partial charge in [-0.1, -0.05) is 56.1 Å². The fourth-order valence-electron chi connectivity index (χ4n) is 1.49. The Hall–Kier alpha value is 0.0700. The zero-order valence-electron chi connectivity index (χ0n) is 11.0. The molecule has 1 rings (SSSR count). The van der Waals surface area contributed by atoms with E-state index in [4.69, 9.17) is 29.0 Å². The predicted molar refractivity (Wildman–Crippen MR) is 83.5 cm³/mol. The zero-order valence-corrected chi connectivity index (χ0v) is 13.3. The van der Waals surface area contributed by atoms with E-state index in [-0.39, 0.29) is 10.8 Å². The van der Waals surface area contributed by atoms with Crippen molar-refractivity contribution < 1.29 is 0 Å². The molecule has 0 aliphatic rings. The molecule has 1 aromatic carbocycles. The van der Waals surface area contributed by atoms with Crippen molar-refractivity contribution in [1.29, 1.82) is 0 Å². The van der Waals surface area contributed by atoms with E-state index in [1.807, 2.05) is 23.9 Å². The van der Waals surface area contributed by atoms with E-state index in [0.29, 0.717) is 10.0 Å². The molecule has 0 amide bonds. The van der Waals surface area contributed by atoms with E-state index >= 15 is 0 Å². The molecule has 102 valence electrons. The Labute approximate surface area is 124 Å². The van der Waals surface area contributed by atoms with Gasteiger partial charge in [0.25, 0.3) is 0 Å². The predicted octanol–water partition coefficient (Wildman–Crippen LogP) is 3.90. The smallest absolute Gasteiger partial charge is 0.0624 e. The highest BCUT2D eigenvalue weighted by molar-refractivity contribution is 8.00. The van der Waals surface area contributed by atoms with Crippen molar-refractivity contribution >= 4 is 35.0 Å². The Morgan fingerprint density at radius 3 is 2.56 bits per heavy atom. The van der Waals surface area contributed by atoms with Crippen LogP contribution in [0.1, 0.15) is 26.3 Å². The van der Waals surface area contributed by atoms with E-state index in [2.05, 4.69) is 26.2 Å². The third-order valence-electron chi connectivity index (χ3n) is 2.45. The molecular formula is C13H20Cl2N2S. The van der Waals surface area contributed by atoms with E-state index in [1.165, 1.54) is 0 Å². The molecule has 0 aromatic heterocycles. The van der Waals surface area contributed by atoms with Gasteiger partial charge in [-0.2, -0.15) is 11.8 Å². The third-order valence-corrected chi connectivity index (χ3v) is 4.74. The normalized spacial score (nSPS) is 13.7. The lowest BCUT2D eigenvalue weighted by Crippen LogP contribution is -2.39. The van der Waals surface area contributed by atoms with Gasteiger partial charge in [-0.25, -0.2) is 0 Å². The van der Waals surface area contributed by atoms with Crippen molar-refractivity contribution in [2.75, 3.05) is 5.75 Å². The molecule has 1 atom stereocenters. The third kappa shape index (κ3) is 5.37. The summed E-state index contributed by atoms with van der Waals surface area (Å²) in [5.41, 5.74) is 3.88. The number of hydrogen-bond donors (Lipinski definition) is 2. The molecule has 0 aliphatic carbocycles. The molecule has 1 unspecified atom stereocenters. The molecule has 0 saturated heterocycles. The van der Waals surface area contributed by atoms with Crippen LogP contribution in [0, 0.1) is 0 Å². The summed E-state index contributed by atoms with van der Waals surface area (Å²) in [7, 11) is 0. The van der Waals surface area contributed by atoms with Crippen LogP contribution >= 0.6 is 35.0 Å². The lowest BCUT2D eigenvalue weighted by Gasteiger charge is -2.23. The summed E-state index contributed by atoms with van der Waals surface area (Å²) in [6.45, 7) is 6.58. The van der Waals surface area contributed by atoms with Gasteiger partial charge in [0, 0.05) is 16.5 Å². The van der Waals surface area contributed by atoms with Crippen molar-refractivity contribution in [3.8, 4) is 0 Å². The van der Waals surface area contributed by atoms with E-state index in [9.17, 15) is 0 Å². The number of hydrogen-bond acceptors (Lipinski definition) is 3. The highest BCUT2D eigenvalue weighted by Gasteiger charge is 2.16. The molecule has 5 heteroatoms. The molecule has 0 saturated carbocycles. The van der Waals surface area contributed by atoms with Crippen molar-refractivity contribution in [2.24, 2.45) is 5.84 Å². The number of rotatable bonds is 5. The van der Waals surface area contributed by atoms with Gasteiger partial charge in [0.1, 0.15) is 0 Å². The van der Waals surface area contributed by atoms with Gasteiger partial charge in [-0.05, 0) is 18.1 Å². The number of hydrazine groups is 1. The van der Waals surface area contributed by atoms with Crippen molar-refractivity contribution in [2.45, 2.75) is 38.0 Å². The second-order valence-electron chi connectivity index (χ2n) is 5.20. The first kappa shape index (κ1) is 16.1. The van der Waals surface area contributed by atoms with Gasteiger partial charge in [-0.3, -0.25) is 11.3 Å². The number of thioether (sulfide) groups is 1. The van der Waals surface area contributed by atoms with E-state index in [0.717, 1.165) is 17.7 Å². The first-order valence-electron chi connectivity index (χ1n) is 5.86. The van der Waals surface area contributed by atoms with Gasteiger partial charge in [-0.15, -0.1) is 0 Å². The van der Waals surface area contributed by atoms with Gasteiger partial charge in [0.2, 0.25) is 0 Å². The fourth-order valence-corrected chi connectivity index (χ4v) is 2.80. The minimum absolute atomic E-state index is 0.185. The number of nitrogens with two attached hydrogens (primary N) is 1. The van der Waals surface area contributed by atoms with Gasteiger partial charge < -0.3 is 0 Å². The summed E-state index contributed by atoms with van der Waals surface area (Å²) < 4.78 is 0.229. The van der Waals surface area contributed by atoms with Crippen LogP contribution in [0.25, 0.3) is 0 Å². The Kier molecular flexibility index (Phi) is 6.28. The van der Waals surface area contributed by atoms with Crippen LogP contribution in [-0.2, 0) is 6.42 Å². The highest BCUT2D eigenvalue weighted by atomic mass is 35.5. The summed E-state index contributed by atoms with van der Waals surface area (Å²) in [4.78, 5) is 0. The molecule has 3 N–H and O–H groups in total. The van der Waals surface area contributed by atoms with Crippen LogP contribution in [-0.4, -0.2) is 16.5 Å². The van der Waals surface area contributed by atoms with Crippen molar-refractivity contribution in [3.63, 3.8) is 0 Å². The van der Waals surface area contributed by atoms with Crippen molar-refractivity contribution in [3.05, 3.63) is 33.8 Å². The zero-order chi connectivity index (χ0) is 13.8. The van der Waals surface area contributed by atoms with Crippen LogP contribution in [0.5, 0.6) is 0 Å². The number of nitrogens with one attached hydrogen (secondary N) is 1. The Morgan fingerprint density at radius 1 is 1.33 bits per heavy atom. The lowest BCUT2D eigenvalue weighted by molar-refractivity contribution is 0.573. The quantitative estimate of drug-likeness (QED) is 0.640. The molecule has 0 radical (unpaired) electrons. The monoisotopic (exact) mass is 306 g/mol. The molecule has 0 heterocycles. The number of benzene rings is 1. The second-order valence-corrected chi connectivity index (χ2v) is 7.84. The summed E-state index contributed by atoms with van der Waals surface area (Å²) in [6, 6.07) is 5.88. The van der Waals surface area contributed by atoms with Gasteiger partial charge in [0.15, 0.2) is 0 Å². The summed E-state index contributed by atoms with van der Waals surface area (Å²) >= 11 is 14.1. The Balaban J connectivity index is 2.65. The molecule has 2 nitrogen and oxygen atoms in total. The van der Waals surface area contributed by atoms with Crippen LogP contribution in [0.15, 0.2) is 18.2 Å². The first-order chi connectivity index (χ1) is 8.33. The Bertz CT molecular complexity index is 391. The summed E-state index contributed by atoms with van der Waals surface area (Å²) in [5.74, 6) is 6.53. The number of halogens is 2. The molecule has 18 heavy (non-hydrogen) atoms. The van der Waals surface area contributed by atoms with E-state index in [1.54, 1.807) is 6.07 Å². The average molecular weight is 307 g/mol. The maximum absolute atomic E-state index is 6.18. The standard InChI is InChI=1S/C13H20Cl2N2S/c1-13(2,3)18-8-10(17-16)7-9-5-4-6-11(14)12(9)15/h4-6,10,17H,7-8,16H2,1-3H3. The SMILES string of the molecule is CC(C)(C)SCC(Cc1cccc(Cl)c1Cl)NN. The molecular weight excluding hydrogens is 287 g/mol. The molecule has 1 aromatic rings. The maximum Gasteiger partial charge on any atom is 0.0624 e. The largest absolute Gasteiger partial charge is 0.271 e. The summed E-state index contributed by atoms with van der Waals surface area (Å²) in [6.07, 6.45) is 0.777. The molecule has 0 spiro atoms. The van der Waals surface area contributed by atoms with Gasteiger partial charge in [0.05, 0.1) is 10.0 Å². The topological polar surface area (TPSA) is 38.0 Å².